The molecule has 0 amide bonds. The number of rotatable bonds is 6. The molecule has 0 aliphatic heterocycles. The Morgan fingerprint density at radius 1 is 1.00 bits per heavy atom. The molecule has 2 aromatic carbocycles. The third-order valence-corrected chi connectivity index (χ3v) is 7.33. The zero-order valence-corrected chi connectivity index (χ0v) is 18.7. The van der Waals surface area contributed by atoms with Crippen molar-refractivity contribution in [2.75, 3.05) is 0 Å². The van der Waals surface area contributed by atoms with Crippen molar-refractivity contribution in [3.05, 3.63) is 75.6 Å². The summed E-state index contributed by atoms with van der Waals surface area (Å²) in [7, 11) is 0. The first-order valence-electron chi connectivity index (χ1n) is 11.9. The Bertz CT molecular complexity index is 1060. The lowest BCUT2D eigenvalue weighted by Gasteiger charge is -2.29. The maximum Gasteiger partial charge on any atom is 0.147 e. The predicted molar refractivity (Wildman–Crippen MR) is 122 cm³/mol. The Balaban J connectivity index is 1.45. The Morgan fingerprint density at radius 3 is 2.47 bits per heavy atom. The predicted octanol–water partition coefficient (Wildman–Crippen LogP) is 8.01. The first-order chi connectivity index (χ1) is 15.5. The van der Waals surface area contributed by atoms with Gasteiger partial charge in [-0.05, 0) is 84.8 Å². The van der Waals surface area contributed by atoms with Crippen LogP contribution >= 0.6 is 0 Å². The van der Waals surface area contributed by atoms with E-state index in [-0.39, 0.29) is 18.7 Å². The molecule has 0 saturated heterocycles. The van der Waals surface area contributed by atoms with E-state index in [0.29, 0.717) is 22.6 Å². The van der Waals surface area contributed by atoms with Gasteiger partial charge in [-0.25, -0.2) is 13.2 Å². The van der Waals surface area contributed by atoms with Gasteiger partial charge in [0.1, 0.15) is 29.1 Å². The second kappa shape index (κ2) is 9.94. The summed E-state index contributed by atoms with van der Waals surface area (Å²) >= 11 is 0. The van der Waals surface area contributed by atoms with Crippen LogP contribution in [-0.4, -0.2) is 0 Å². The summed E-state index contributed by atoms with van der Waals surface area (Å²) in [5.74, 6) is -0.687. The fourth-order valence-corrected chi connectivity index (χ4v) is 5.41. The number of unbranched alkanes of at least 4 members (excludes halogenated alkanes) is 2. The molecule has 4 heteroatoms. The molecule has 1 nitrogen and oxygen atoms in total. The molecule has 32 heavy (non-hydrogen) atoms. The number of hydrogen-bond donors (Lipinski definition) is 0. The van der Waals surface area contributed by atoms with E-state index >= 15 is 4.39 Å². The van der Waals surface area contributed by atoms with Gasteiger partial charge in [0.2, 0.25) is 0 Å². The number of benzene rings is 2. The van der Waals surface area contributed by atoms with Crippen molar-refractivity contribution in [1.82, 2.24) is 0 Å². The second-order valence-corrected chi connectivity index (χ2v) is 9.36. The molecule has 1 saturated carbocycles. The molecular formula is C28H30F3N. The largest absolute Gasteiger partial charge is 0.206 e. The van der Waals surface area contributed by atoms with Crippen LogP contribution in [0.4, 0.5) is 13.2 Å². The van der Waals surface area contributed by atoms with Crippen LogP contribution in [0, 0.1) is 34.7 Å². The maximum atomic E-state index is 15.1. The van der Waals surface area contributed by atoms with Crippen molar-refractivity contribution in [1.29, 1.82) is 5.26 Å². The highest BCUT2D eigenvalue weighted by Gasteiger charge is 2.25. The summed E-state index contributed by atoms with van der Waals surface area (Å²) in [5, 5.41) is 8.97. The van der Waals surface area contributed by atoms with Crippen LogP contribution in [0.15, 0.2) is 30.3 Å². The van der Waals surface area contributed by atoms with Gasteiger partial charge >= 0.3 is 0 Å². The van der Waals surface area contributed by atoms with E-state index in [0.717, 1.165) is 29.9 Å². The summed E-state index contributed by atoms with van der Waals surface area (Å²) in [6.45, 7) is 2.23. The molecule has 0 spiro atoms. The normalized spacial score (nSPS) is 20.4. The third kappa shape index (κ3) is 4.63. The summed E-state index contributed by atoms with van der Waals surface area (Å²) in [6.07, 6.45) is 12.2. The number of hydrogen-bond acceptors (Lipinski definition) is 1. The van der Waals surface area contributed by atoms with Crippen molar-refractivity contribution in [3.8, 4) is 6.07 Å². The summed E-state index contributed by atoms with van der Waals surface area (Å²) in [4.78, 5) is 0. The standard InChI is InChI=1S/C28H30F3N/c1-2-3-4-5-18-6-8-19(9-7-18)20-10-12-23(26(29)15-20)21-11-13-24-22(14-21)16-27(30)25(17-32)28(24)31/h10-12,15-16,18-19H,2-9,13-14H2,1H3. The van der Waals surface area contributed by atoms with Crippen molar-refractivity contribution >= 4 is 5.57 Å². The van der Waals surface area contributed by atoms with Gasteiger partial charge in [-0.3, -0.25) is 0 Å². The fourth-order valence-electron chi connectivity index (χ4n) is 5.41. The van der Waals surface area contributed by atoms with E-state index in [4.69, 9.17) is 5.26 Å². The molecule has 0 heterocycles. The quantitative estimate of drug-likeness (QED) is 0.420. The van der Waals surface area contributed by atoms with E-state index < -0.39 is 17.2 Å². The maximum absolute atomic E-state index is 15.1. The lowest BCUT2D eigenvalue weighted by Crippen LogP contribution is -2.14. The van der Waals surface area contributed by atoms with E-state index in [1.54, 1.807) is 18.2 Å². The van der Waals surface area contributed by atoms with E-state index in [1.165, 1.54) is 44.6 Å². The average molecular weight is 438 g/mol. The topological polar surface area (TPSA) is 23.8 Å². The smallest absolute Gasteiger partial charge is 0.147 e. The number of halogens is 3. The number of fused-ring (bicyclic) bond motifs is 1. The molecule has 2 aliphatic carbocycles. The molecule has 0 unspecified atom stereocenters. The number of nitrogens with zero attached hydrogens (tertiary/aromatic N) is 1. The third-order valence-electron chi connectivity index (χ3n) is 7.33. The Morgan fingerprint density at radius 2 is 1.78 bits per heavy atom. The van der Waals surface area contributed by atoms with Crippen molar-refractivity contribution in [3.63, 3.8) is 0 Å². The van der Waals surface area contributed by atoms with E-state index in [2.05, 4.69) is 6.92 Å². The van der Waals surface area contributed by atoms with Crippen molar-refractivity contribution in [2.45, 2.75) is 77.0 Å². The zero-order valence-electron chi connectivity index (χ0n) is 18.7. The lowest BCUT2D eigenvalue weighted by molar-refractivity contribution is 0.302. The zero-order chi connectivity index (χ0) is 22.7. The molecule has 168 valence electrons. The molecule has 4 rings (SSSR count). The minimum absolute atomic E-state index is 0.231. The molecule has 0 N–H and O–H groups in total. The van der Waals surface area contributed by atoms with Gasteiger partial charge < -0.3 is 0 Å². The molecule has 0 atom stereocenters. The van der Waals surface area contributed by atoms with Gasteiger partial charge in [0.25, 0.3) is 0 Å². The molecular weight excluding hydrogens is 407 g/mol. The SMILES string of the molecule is CCCCCC1CCC(c2ccc(C3=CCc4c(cc(F)c(C#N)c4F)C3)c(F)c2)CC1. The van der Waals surface area contributed by atoms with Crippen LogP contribution in [0.3, 0.4) is 0 Å². The highest BCUT2D eigenvalue weighted by molar-refractivity contribution is 5.71. The molecule has 2 aliphatic rings. The molecule has 2 aromatic rings. The van der Waals surface area contributed by atoms with Crippen LogP contribution in [0.5, 0.6) is 0 Å². The van der Waals surface area contributed by atoms with Crippen LogP contribution in [0.2, 0.25) is 0 Å². The lowest BCUT2D eigenvalue weighted by atomic mass is 9.76. The molecule has 1 fully saturated rings. The van der Waals surface area contributed by atoms with Crippen LogP contribution in [0.1, 0.15) is 92.0 Å². The van der Waals surface area contributed by atoms with Crippen molar-refractivity contribution in [2.24, 2.45) is 5.92 Å². The van der Waals surface area contributed by atoms with Crippen molar-refractivity contribution < 1.29 is 13.2 Å². The van der Waals surface area contributed by atoms with E-state index in [1.807, 2.05) is 12.1 Å². The monoisotopic (exact) mass is 437 g/mol. The highest BCUT2D eigenvalue weighted by atomic mass is 19.1. The first-order valence-corrected chi connectivity index (χ1v) is 11.9. The minimum Gasteiger partial charge on any atom is -0.206 e. The fraction of sp³-hybridized carbons (Fsp3) is 0.464. The summed E-state index contributed by atoms with van der Waals surface area (Å²) in [6, 6.07) is 8.31. The Hall–Kier alpha value is -2.54. The van der Waals surface area contributed by atoms with Gasteiger partial charge in [-0.2, -0.15) is 5.26 Å². The average Bonchev–Trinajstić information content (AvgIpc) is 2.79. The number of allylic oxidation sites excluding steroid dienone is 2. The van der Waals surface area contributed by atoms with Crippen LogP contribution in [0.25, 0.3) is 5.57 Å². The summed E-state index contributed by atoms with van der Waals surface area (Å²) in [5.41, 5.74) is 2.57. The minimum atomic E-state index is -0.855. The Kier molecular flexibility index (Phi) is 7.04. The first kappa shape index (κ1) is 22.6. The van der Waals surface area contributed by atoms with Gasteiger partial charge in [-0.15, -0.1) is 0 Å². The van der Waals surface area contributed by atoms with Gasteiger partial charge in [-0.1, -0.05) is 50.8 Å². The van der Waals surface area contributed by atoms with Crippen LogP contribution in [-0.2, 0) is 12.8 Å². The molecule has 0 aromatic heterocycles. The molecule has 0 bridgehead atoms. The molecule has 0 radical (unpaired) electrons. The Labute approximate surface area is 189 Å². The summed E-state index contributed by atoms with van der Waals surface area (Å²) < 4.78 is 43.6. The van der Waals surface area contributed by atoms with E-state index in [9.17, 15) is 8.78 Å². The second-order valence-electron chi connectivity index (χ2n) is 9.36. The highest BCUT2D eigenvalue weighted by Crippen LogP contribution is 2.39. The van der Waals surface area contributed by atoms with Gasteiger partial charge in [0.05, 0.1) is 0 Å². The van der Waals surface area contributed by atoms with Gasteiger partial charge in [0.15, 0.2) is 0 Å². The number of nitriles is 1. The van der Waals surface area contributed by atoms with Crippen LogP contribution < -0.4 is 0 Å². The van der Waals surface area contributed by atoms with Gasteiger partial charge in [0, 0.05) is 5.56 Å².